The Bertz CT molecular complexity index is 779. The molecular weight excluding hydrogens is 362 g/mol. The number of benzene rings is 1. The Labute approximate surface area is 163 Å². The van der Waals surface area contributed by atoms with Crippen LogP contribution in [0.15, 0.2) is 36.9 Å². The fraction of sp³-hybridized carbons (Fsp3) is 0.368. The second-order valence-electron chi connectivity index (χ2n) is 6.60. The highest BCUT2D eigenvalue weighted by atomic mass is 16.2. The van der Waals surface area contributed by atoms with E-state index in [0.717, 1.165) is 0 Å². The third-order valence-corrected chi connectivity index (χ3v) is 4.11. The second kappa shape index (κ2) is 9.65. The molecule has 0 radical (unpaired) electrons. The third kappa shape index (κ3) is 5.65. The molecule has 9 heteroatoms. The summed E-state index contributed by atoms with van der Waals surface area (Å²) in [6.07, 6.45) is 1.67. The summed E-state index contributed by atoms with van der Waals surface area (Å²) in [5, 5.41) is 7.42. The van der Waals surface area contributed by atoms with Crippen molar-refractivity contribution in [2.75, 3.05) is 36.9 Å². The molecule has 0 aliphatic carbocycles. The van der Waals surface area contributed by atoms with Crippen LogP contribution in [0.2, 0.25) is 0 Å². The van der Waals surface area contributed by atoms with Crippen LogP contribution in [0.4, 0.5) is 16.2 Å². The van der Waals surface area contributed by atoms with Crippen LogP contribution >= 0.6 is 0 Å². The van der Waals surface area contributed by atoms with Gasteiger partial charge >= 0.3 is 6.03 Å². The SMILES string of the molecule is C=CCNC(=O)NC(=O)CN(C)CC(=O)N1c2ccccc2NC(=O)C[C@@H]1C. The van der Waals surface area contributed by atoms with Crippen molar-refractivity contribution in [1.82, 2.24) is 15.5 Å². The number of anilines is 2. The number of rotatable bonds is 6. The van der Waals surface area contributed by atoms with E-state index in [4.69, 9.17) is 0 Å². The van der Waals surface area contributed by atoms with Crippen molar-refractivity contribution in [1.29, 1.82) is 0 Å². The molecule has 1 aromatic carbocycles. The number of para-hydroxylation sites is 2. The van der Waals surface area contributed by atoms with Crippen LogP contribution in [0.25, 0.3) is 0 Å². The van der Waals surface area contributed by atoms with E-state index in [0.29, 0.717) is 11.4 Å². The maximum absolute atomic E-state index is 12.9. The number of imide groups is 1. The summed E-state index contributed by atoms with van der Waals surface area (Å²) in [6, 6.07) is 6.14. The minimum Gasteiger partial charge on any atom is -0.334 e. The lowest BCUT2D eigenvalue weighted by atomic mass is 10.1. The normalized spacial score (nSPS) is 15.9. The van der Waals surface area contributed by atoms with Gasteiger partial charge in [-0.2, -0.15) is 0 Å². The highest BCUT2D eigenvalue weighted by molar-refractivity contribution is 6.05. The van der Waals surface area contributed by atoms with Crippen LogP contribution in [0.3, 0.4) is 0 Å². The number of carbonyl (C=O) groups excluding carboxylic acids is 4. The summed E-state index contributed by atoms with van der Waals surface area (Å²) in [6.45, 7) is 5.33. The van der Waals surface area contributed by atoms with Crippen LogP contribution in [-0.4, -0.2) is 61.4 Å². The van der Waals surface area contributed by atoms with Gasteiger partial charge in [-0.15, -0.1) is 6.58 Å². The van der Waals surface area contributed by atoms with Gasteiger partial charge in [-0.25, -0.2) is 4.79 Å². The van der Waals surface area contributed by atoms with Crippen LogP contribution in [0.5, 0.6) is 0 Å². The summed E-state index contributed by atoms with van der Waals surface area (Å²) >= 11 is 0. The van der Waals surface area contributed by atoms with Crippen LogP contribution in [0.1, 0.15) is 13.3 Å². The van der Waals surface area contributed by atoms with Gasteiger partial charge in [-0.3, -0.25) is 24.6 Å². The molecule has 1 aliphatic heterocycles. The molecule has 150 valence electrons. The van der Waals surface area contributed by atoms with E-state index in [9.17, 15) is 19.2 Å². The van der Waals surface area contributed by atoms with Crippen LogP contribution < -0.4 is 20.9 Å². The largest absolute Gasteiger partial charge is 0.334 e. The minimum absolute atomic E-state index is 0.0471. The maximum atomic E-state index is 12.9. The zero-order valence-corrected chi connectivity index (χ0v) is 16.0. The monoisotopic (exact) mass is 387 g/mol. The fourth-order valence-corrected chi connectivity index (χ4v) is 2.95. The number of likely N-dealkylation sites (N-methyl/N-ethyl adjacent to an activating group) is 1. The molecule has 1 atom stereocenters. The Hall–Kier alpha value is -3.20. The van der Waals surface area contributed by atoms with Crippen molar-refractivity contribution < 1.29 is 19.2 Å². The van der Waals surface area contributed by atoms with Crippen molar-refractivity contribution >= 4 is 35.1 Å². The van der Waals surface area contributed by atoms with Gasteiger partial charge < -0.3 is 15.5 Å². The molecule has 0 saturated heterocycles. The molecule has 1 aliphatic rings. The second-order valence-corrected chi connectivity index (χ2v) is 6.60. The molecule has 5 amide bonds. The Morgan fingerprint density at radius 3 is 2.75 bits per heavy atom. The predicted molar refractivity (Wildman–Crippen MR) is 106 cm³/mol. The molecule has 9 nitrogen and oxygen atoms in total. The molecular formula is C19H25N5O4. The molecule has 0 saturated carbocycles. The summed E-state index contributed by atoms with van der Waals surface area (Å²) < 4.78 is 0. The molecule has 2 rings (SSSR count). The van der Waals surface area contributed by atoms with E-state index in [1.165, 1.54) is 11.0 Å². The minimum atomic E-state index is -0.621. The first kappa shape index (κ1) is 21.1. The average Bonchev–Trinajstić information content (AvgIpc) is 2.73. The molecule has 0 unspecified atom stereocenters. The maximum Gasteiger partial charge on any atom is 0.321 e. The summed E-state index contributed by atoms with van der Waals surface area (Å²) in [4.78, 5) is 51.4. The topological polar surface area (TPSA) is 111 Å². The number of hydrogen-bond acceptors (Lipinski definition) is 5. The van der Waals surface area contributed by atoms with Crippen molar-refractivity contribution in [2.24, 2.45) is 0 Å². The number of hydrogen-bond donors (Lipinski definition) is 3. The Kier molecular flexibility index (Phi) is 7.28. The van der Waals surface area contributed by atoms with E-state index in [2.05, 4.69) is 22.5 Å². The number of carbonyl (C=O) groups is 4. The molecule has 3 N–H and O–H groups in total. The average molecular weight is 387 g/mol. The summed E-state index contributed by atoms with van der Waals surface area (Å²) in [5.74, 6) is -0.936. The van der Waals surface area contributed by atoms with E-state index < -0.39 is 11.9 Å². The van der Waals surface area contributed by atoms with E-state index >= 15 is 0 Å². The van der Waals surface area contributed by atoms with Crippen molar-refractivity contribution in [2.45, 2.75) is 19.4 Å². The first-order valence-electron chi connectivity index (χ1n) is 8.90. The van der Waals surface area contributed by atoms with Crippen molar-refractivity contribution in [3.63, 3.8) is 0 Å². The molecule has 1 heterocycles. The lowest BCUT2D eigenvalue weighted by molar-refractivity contribution is -0.122. The molecule has 1 aromatic rings. The van der Waals surface area contributed by atoms with Gasteiger partial charge in [0.2, 0.25) is 17.7 Å². The van der Waals surface area contributed by atoms with Gasteiger partial charge in [-0.1, -0.05) is 18.2 Å². The smallest absolute Gasteiger partial charge is 0.321 e. The predicted octanol–water partition coefficient (Wildman–Crippen LogP) is 0.694. The highest BCUT2D eigenvalue weighted by Crippen LogP contribution is 2.31. The quantitative estimate of drug-likeness (QED) is 0.622. The van der Waals surface area contributed by atoms with Crippen molar-refractivity contribution in [3.05, 3.63) is 36.9 Å². The van der Waals surface area contributed by atoms with E-state index in [-0.39, 0.29) is 43.9 Å². The van der Waals surface area contributed by atoms with E-state index in [1.54, 1.807) is 43.1 Å². The van der Waals surface area contributed by atoms with Crippen LogP contribution in [-0.2, 0) is 14.4 Å². The first-order valence-corrected chi connectivity index (χ1v) is 8.90. The lowest BCUT2D eigenvalue weighted by Crippen LogP contribution is -2.48. The van der Waals surface area contributed by atoms with Gasteiger partial charge in [0.25, 0.3) is 0 Å². The zero-order valence-electron chi connectivity index (χ0n) is 16.0. The number of urea groups is 1. The van der Waals surface area contributed by atoms with Gasteiger partial charge in [0.15, 0.2) is 0 Å². The number of amides is 5. The lowest BCUT2D eigenvalue weighted by Gasteiger charge is -2.29. The van der Waals surface area contributed by atoms with Crippen molar-refractivity contribution in [3.8, 4) is 0 Å². The zero-order chi connectivity index (χ0) is 20.7. The Morgan fingerprint density at radius 1 is 1.32 bits per heavy atom. The molecule has 28 heavy (non-hydrogen) atoms. The number of fused-ring (bicyclic) bond motifs is 1. The molecule has 0 aromatic heterocycles. The molecule has 0 fully saturated rings. The summed E-state index contributed by atoms with van der Waals surface area (Å²) in [5.41, 5.74) is 1.19. The molecule has 0 bridgehead atoms. The van der Waals surface area contributed by atoms with Gasteiger partial charge in [0.05, 0.1) is 24.5 Å². The summed E-state index contributed by atoms with van der Waals surface area (Å²) in [7, 11) is 1.61. The van der Waals surface area contributed by atoms with Gasteiger partial charge in [0.1, 0.15) is 0 Å². The Balaban J connectivity index is 2.01. The third-order valence-electron chi connectivity index (χ3n) is 4.11. The number of nitrogens with zero attached hydrogens (tertiary/aromatic N) is 2. The van der Waals surface area contributed by atoms with E-state index in [1.807, 2.05) is 0 Å². The first-order chi connectivity index (χ1) is 13.3. The Morgan fingerprint density at radius 2 is 2.04 bits per heavy atom. The van der Waals surface area contributed by atoms with Gasteiger partial charge in [0, 0.05) is 19.0 Å². The molecule has 0 spiro atoms. The number of nitrogens with one attached hydrogen (secondary N) is 3. The van der Waals surface area contributed by atoms with Gasteiger partial charge in [-0.05, 0) is 26.1 Å². The van der Waals surface area contributed by atoms with Crippen LogP contribution in [0, 0.1) is 0 Å². The standard InChI is InChI=1S/C19H25N5O4/c1-4-9-20-19(28)22-17(26)11-23(3)12-18(27)24-13(2)10-16(25)21-14-7-5-6-8-15(14)24/h4-8,13H,1,9-12H2,2-3H3,(H,21,25)(H2,20,22,26,28)/t13-/m0/s1. The highest BCUT2D eigenvalue weighted by Gasteiger charge is 2.30. The fourth-order valence-electron chi connectivity index (χ4n) is 2.95.